The van der Waals surface area contributed by atoms with Gasteiger partial charge < -0.3 is 15.5 Å². The minimum absolute atomic E-state index is 0.0307. The van der Waals surface area contributed by atoms with E-state index >= 15 is 0 Å². The molecule has 1 amide bonds. The number of anilines is 1. The molecule has 20 heavy (non-hydrogen) atoms. The van der Waals surface area contributed by atoms with Gasteiger partial charge in [0.1, 0.15) is 0 Å². The van der Waals surface area contributed by atoms with Crippen molar-refractivity contribution in [1.29, 1.82) is 0 Å². The summed E-state index contributed by atoms with van der Waals surface area (Å²) in [6, 6.07) is 0.337. The van der Waals surface area contributed by atoms with Gasteiger partial charge in [-0.2, -0.15) is 5.10 Å². The molecule has 1 aromatic rings. The van der Waals surface area contributed by atoms with Crippen LogP contribution in [-0.4, -0.2) is 58.7 Å². The minimum atomic E-state index is -0.0307. The standard InChI is InChI=1S/C14H25N5O/c1-17(2)8-9-19(11-6-4-5-7-11)14(20)13-12(15)10-18(3)16-13/h10-11H,4-9,15H2,1-3H3. The normalized spacial score (nSPS) is 16.0. The Morgan fingerprint density at radius 3 is 2.55 bits per heavy atom. The highest BCUT2D eigenvalue weighted by atomic mass is 16.2. The Balaban J connectivity index is 2.16. The number of nitrogens with two attached hydrogens (primary N) is 1. The van der Waals surface area contributed by atoms with Crippen LogP contribution >= 0.6 is 0 Å². The van der Waals surface area contributed by atoms with Crippen molar-refractivity contribution in [2.24, 2.45) is 7.05 Å². The zero-order valence-corrected chi connectivity index (χ0v) is 12.7. The molecule has 1 aromatic heterocycles. The Labute approximate surface area is 120 Å². The highest BCUT2D eigenvalue weighted by Gasteiger charge is 2.29. The van der Waals surface area contributed by atoms with Crippen LogP contribution in [0.3, 0.4) is 0 Å². The second-order valence-electron chi connectivity index (χ2n) is 5.85. The van der Waals surface area contributed by atoms with E-state index in [1.165, 1.54) is 12.8 Å². The molecule has 0 aliphatic heterocycles. The summed E-state index contributed by atoms with van der Waals surface area (Å²) >= 11 is 0. The molecular weight excluding hydrogens is 254 g/mol. The molecule has 112 valence electrons. The predicted octanol–water partition coefficient (Wildman–Crippen LogP) is 0.949. The van der Waals surface area contributed by atoms with E-state index in [0.717, 1.165) is 25.9 Å². The molecule has 0 saturated heterocycles. The van der Waals surface area contributed by atoms with Gasteiger partial charge in [0.2, 0.25) is 0 Å². The average molecular weight is 279 g/mol. The SMILES string of the molecule is CN(C)CCN(C(=O)c1nn(C)cc1N)C1CCCC1. The van der Waals surface area contributed by atoms with Gasteiger partial charge in [0.25, 0.3) is 5.91 Å². The van der Waals surface area contributed by atoms with E-state index in [1.807, 2.05) is 19.0 Å². The summed E-state index contributed by atoms with van der Waals surface area (Å²) in [5, 5.41) is 4.22. The highest BCUT2D eigenvalue weighted by molar-refractivity contribution is 5.97. The fourth-order valence-corrected chi connectivity index (χ4v) is 2.78. The summed E-state index contributed by atoms with van der Waals surface area (Å²) in [6.45, 7) is 1.58. The molecule has 0 atom stereocenters. The fraction of sp³-hybridized carbons (Fsp3) is 0.714. The molecule has 1 fully saturated rings. The number of carbonyl (C=O) groups excluding carboxylic acids is 1. The van der Waals surface area contributed by atoms with Crippen LogP contribution in [0, 0.1) is 0 Å². The highest BCUT2D eigenvalue weighted by Crippen LogP contribution is 2.25. The molecule has 1 saturated carbocycles. The molecule has 0 aromatic carbocycles. The van der Waals surface area contributed by atoms with Crippen LogP contribution in [0.25, 0.3) is 0 Å². The molecule has 0 spiro atoms. The van der Waals surface area contributed by atoms with Crippen LogP contribution in [-0.2, 0) is 7.05 Å². The smallest absolute Gasteiger partial charge is 0.276 e. The first-order valence-corrected chi connectivity index (χ1v) is 7.24. The first kappa shape index (κ1) is 14.8. The maximum Gasteiger partial charge on any atom is 0.276 e. The topological polar surface area (TPSA) is 67.4 Å². The van der Waals surface area contributed by atoms with Gasteiger partial charge in [0.15, 0.2) is 5.69 Å². The zero-order chi connectivity index (χ0) is 14.7. The molecule has 1 heterocycles. The van der Waals surface area contributed by atoms with Crippen LogP contribution in [0.5, 0.6) is 0 Å². The van der Waals surface area contributed by atoms with E-state index in [9.17, 15) is 4.79 Å². The van der Waals surface area contributed by atoms with Gasteiger partial charge in [-0.15, -0.1) is 0 Å². The molecule has 6 nitrogen and oxygen atoms in total. The second kappa shape index (κ2) is 6.26. The average Bonchev–Trinajstić information content (AvgIpc) is 2.99. The lowest BCUT2D eigenvalue weighted by molar-refractivity contribution is 0.0662. The number of carbonyl (C=O) groups is 1. The second-order valence-corrected chi connectivity index (χ2v) is 5.85. The molecular formula is C14H25N5O. The van der Waals surface area contributed by atoms with Crippen molar-refractivity contribution in [3.05, 3.63) is 11.9 Å². The molecule has 0 bridgehead atoms. The molecule has 1 aliphatic carbocycles. The van der Waals surface area contributed by atoms with Crippen LogP contribution < -0.4 is 5.73 Å². The number of hydrogen-bond acceptors (Lipinski definition) is 4. The zero-order valence-electron chi connectivity index (χ0n) is 12.7. The third-order valence-electron chi connectivity index (χ3n) is 3.87. The summed E-state index contributed by atoms with van der Waals surface area (Å²) in [7, 11) is 5.83. The van der Waals surface area contributed by atoms with Gasteiger partial charge in [-0.3, -0.25) is 9.48 Å². The van der Waals surface area contributed by atoms with E-state index in [4.69, 9.17) is 5.73 Å². The summed E-state index contributed by atoms with van der Waals surface area (Å²) in [5.41, 5.74) is 6.74. The molecule has 6 heteroatoms. The lowest BCUT2D eigenvalue weighted by Gasteiger charge is -2.29. The quantitative estimate of drug-likeness (QED) is 0.871. The van der Waals surface area contributed by atoms with Crippen molar-refractivity contribution in [3.63, 3.8) is 0 Å². The van der Waals surface area contributed by atoms with Crippen LogP contribution in [0.15, 0.2) is 6.20 Å². The Bertz CT molecular complexity index is 462. The van der Waals surface area contributed by atoms with Crippen molar-refractivity contribution >= 4 is 11.6 Å². The number of aromatic nitrogens is 2. The number of nitrogen functional groups attached to an aromatic ring is 1. The Hall–Kier alpha value is -1.56. The predicted molar refractivity (Wildman–Crippen MR) is 79.5 cm³/mol. The first-order chi connectivity index (χ1) is 9.49. The number of nitrogens with zero attached hydrogens (tertiary/aromatic N) is 4. The monoisotopic (exact) mass is 279 g/mol. The molecule has 2 rings (SSSR count). The van der Waals surface area contributed by atoms with E-state index in [0.29, 0.717) is 17.4 Å². The van der Waals surface area contributed by atoms with Crippen LogP contribution in [0.2, 0.25) is 0 Å². The summed E-state index contributed by atoms with van der Waals surface area (Å²) in [5.74, 6) is -0.0307. The van der Waals surface area contributed by atoms with Crippen LogP contribution in [0.1, 0.15) is 36.2 Å². The van der Waals surface area contributed by atoms with Crippen molar-refractivity contribution in [3.8, 4) is 0 Å². The third-order valence-corrected chi connectivity index (χ3v) is 3.87. The van der Waals surface area contributed by atoms with E-state index in [2.05, 4.69) is 10.00 Å². The molecule has 2 N–H and O–H groups in total. The van der Waals surface area contributed by atoms with Gasteiger partial charge in [0, 0.05) is 32.4 Å². The minimum Gasteiger partial charge on any atom is -0.396 e. The van der Waals surface area contributed by atoms with Crippen molar-refractivity contribution < 1.29 is 4.79 Å². The van der Waals surface area contributed by atoms with Crippen molar-refractivity contribution in [2.45, 2.75) is 31.7 Å². The summed E-state index contributed by atoms with van der Waals surface area (Å²) in [4.78, 5) is 16.8. The molecule has 0 unspecified atom stereocenters. The Morgan fingerprint density at radius 2 is 2.05 bits per heavy atom. The lowest BCUT2D eigenvalue weighted by atomic mass is 10.2. The number of likely N-dealkylation sites (N-methyl/N-ethyl adjacent to an activating group) is 1. The van der Waals surface area contributed by atoms with Gasteiger partial charge >= 0.3 is 0 Å². The lowest BCUT2D eigenvalue weighted by Crippen LogP contribution is -2.43. The first-order valence-electron chi connectivity index (χ1n) is 7.24. The molecule has 1 aliphatic rings. The number of hydrogen-bond donors (Lipinski definition) is 1. The maximum absolute atomic E-state index is 12.7. The Kier molecular flexibility index (Phi) is 4.65. The largest absolute Gasteiger partial charge is 0.396 e. The van der Waals surface area contributed by atoms with E-state index < -0.39 is 0 Å². The number of rotatable bonds is 5. The van der Waals surface area contributed by atoms with Crippen LogP contribution in [0.4, 0.5) is 5.69 Å². The summed E-state index contributed by atoms with van der Waals surface area (Å²) in [6.07, 6.45) is 6.27. The van der Waals surface area contributed by atoms with Gasteiger partial charge in [-0.25, -0.2) is 0 Å². The summed E-state index contributed by atoms with van der Waals surface area (Å²) < 4.78 is 1.60. The maximum atomic E-state index is 12.7. The van der Waals surface area contributed by atoms with Gasteiger partial charge in [-0.1, -0.05) is 12.8 Å². The van der Waals surface area contributed by atoms with E-state index in [1.54, 1.807) is 17.9 Å². The number of aryl methyl sites for hydroxylation is 1. The van der Waals surface area contributed by atoms with E-state index in [-0.39, 0.29) is 5.91 Å². The Morgan fingerprint density at radius 1 is 1.40 bits per heavy atom. The van der Waals surface area contributed by atoms with Gasteiger partial charge in [0.05, 0.1) is 5.69 Å². The third kappa shape index (κ3) is 3.30. The van der Waals surface area contributed by atoms with Gasteiger partial charge in [-0.05, 0) is 26.9 Å². The van der Waals surface area contributed by atoms with Crippen molar-refractivity contribution in [2.75, 3.05) is 32.9 Å². The van der Waals surface area contributed by atoms with Crippen molar-refractivity contribution in [1.82, 2.24) is 19.6 Å². The number of amides is 1. The molecule has 0 radical (unpaired) electrons. The fourth-order valence-electron chi connectivity index (χ4n) is 2.78.